The summed E-state index contributed by atoms with van der Waals surface area (Å²) in [5, 5.41) is 12.6. The molecular formula is C44H76NO8P. The fraction of sp³-hybridized carbons (Fsp3) is 0.682. The summed E-state index contributed by atoms with van der Waals surface area (Å²) < 4.78 is 26.8. The molecule has 0 aliphatic rings. The van der Waals surface area contributed by atoms with E-state index in [4.69, 9.17) is 13.8 Å². The topological polar surface area (TPSA) is 131 Å². The number of unbranched alkanes of at least 4 members (excludes halogenated alkanes) is 13. The number of carbonyl (C=O) groups is 2. The quantitative estimate of drug-likeness (QED) is 0.0244. The zero-order valence-corrected chi connectivity index (χ0v) is 34.8. The predicted octanol–water partition coefficient (Wildman–Crippen LogP) is 11.5. The SMILES string of the molecule is CC/C=C\C/C=C\C/C=C\C/C=C\C/C=C\CCCCCCCCCC(=O)NCCOP(=O)(O)OCC(O)COC(=O)CCCCCCC/C=C\CCC. The largest absolute Gasteiger partial charge is 0.472 e. The van der Waals surface area contributed by atoms with Gasteiger partial charge in [0.15, 0.2) is 0 Å². The minimum absolute atomic E-state index is 0.0702. The lowest BCUT2D eigenvalue weighted by Crippen LogP contribution is -2.27. The molecule has 3 N–H and O–H groups in total. The molecule has 1 amide bonds. The summed E-state index contributed by atoms with van der Waals surface area (Å²) in [5.74, 6) is -0.545. The van der Waals surface area contributed by atoms with Crippen LogP contribution >= 0.6 is 7.82 Å². The van der Waals surface area contributed by atoms with E-state index in [2.05, 4.69) is 92.1 Å². The minimum atomic E-state index is -4.42. The van der Waals surface area contributed by atoms with Gasteiger partial charge in [0.25, 0.3) is 0 Å². The number of phosphoric ester groups is 1. The summed E-state index contributed by atoms with van der Waals surface area (Å²) in [7, 11) is -4.42. The first-order chi connectivity index (χ1) is 26.3. The molecule has 0 aliphatic carbocycles. The molecule has 0 rings (SSSR count). The molecule has 0 aromatic heterocycles. The standard InChI is InChI=1S/C44H76NO8P/c1-3-5-7-9-11-13-15-16-17-18-19-20-21-22-23-24-25-26-27-28-30-32-34-36-43(47)45-38-39-52-54(49,50)53-41-42(46)40-51-44(48)37-35-33-31-29-14-12-10-8-6-4-2/h5,7-8,10-11,13,16-17,19-20,22-23,42,46H,3-4,6,9,12,14-15,18,21,24-41H2,1-2H3,(H,45,47)(H,49,50)/b7-5-,10-8-,13-11-,17-16-,20-19-,23-22-. The van der Waals surface area contributed by atoms with Crippen LogP contribution in [0.3, 0.4) is 0 Å². The molecule has 0 aliphatic heterocycles. The number of ether oxygens (including phenoxy) is 1. The van der Waals surface area contributed by atoms with Gasteiger partial charge in [0.05, 0.1) is 13.2 Å². The van der Waals surface area contributed by atoms with Crippen molar-refractivity contribution in [3.63, 3.8) is 0 Å². The molecule has 2 atom stereocenters. The molecule has 0 aromatic rings. The molecule has 0 spiro atoms. The van der Waals surface area contributed by atoms with E-state index in [0.29, 0.717) is 6.42 Å². The Labute approximate surface area is 329 Å². The van der Waals surface area contributed by atoms with Crippen LogP contribution in [0.2, 0.25) is 0 Å². The maximum atomic E-state index is 12.1. The average molecular weight is 778 g/mol. The molecule has 0 saturated heterocycles. The van der Waals surface area contributed by atoms with Crippen molar-refractivity contribution in [1.29, 1.82) is 0 Å². The van der Waals surface area contributed by atoms with E-state index in [9.17, 15) is 24.2 Å². The molecule has 0 heterocycles. The number of aliphatic hydroxyl groups is 1. The van der Waals surface area contributed by atoms with Gasteiger partial charge in [-0.15, -0.1) is 0 Å². The molecule has 0 saturated carbocycles. The molecule has 10 heteroatoms. The summed E-state index contributed by atoms with van der Waals surface area (Å²) in [4.78, 5) is 33.8. The van der Waals surface area contributed by atoms with E-state index in [1.165, 1.54) is 32.1 Å². The van der Waals surface area contributed by atoms with Crippen LogP contribution in [-0.4, -0.2) is 54.3 Å². The smallest absolute Gasteiger partial charge is 0.463 e. The molecule has 54 heavy (non-hydrogen) atoms. The molecule has 2 unspecified atom stereocenters. The summed E-state index contributed by atoms with van der Waals surface area (Å²) in [6.07, 6.45) is 48.4. The highest BCUT2D eigenvalue weighted by Crippen LogP contribution is 2.42. The second-order valence-electron chi connectivity index (χ2n) is 13.6. The maximum absolute atomic E-state index is 12.1. The molecular weight excluding hydrogens is 701 g/mol. The first-order valence-electron chi connectivity index (χ1n) is 20.9. The fourth-order valence-corrected chi connectivity index (χ4v) is 5.99. The average Bonchev–Trinajstić information content (AvgIpc) is 3.16. The first-order valence-corrected chi connectivity index (χ1v) is 22.4. The van der Waals surface area contributed by atoms with Crippen LogP contribution in [0.15, 0.2) is 72.9 Å². The Morgan fingerprint density at radius 3 is 1.61 bits per heavy atom. The van der Waals surface area contributed by atoms with Gasteiger partial charge in [0, 0.05) is 19.4 Å². The lowest BCUT2D eigenvalue weighted by atomic mass is 10.1. The van der Waals surface area contributed by atoms with Crippen LogP contribution in [0, 0.1) is 0 Å². The highest BCUT2D eigenvalue weighted by molar-refractivity contribution is 7.47. The number of aliphatic hydroxyl groups excluding tert-OH is 1. The molecule has 9 nitrogen and oxygen atoms in total. The summed E-state index contributed by atoms with van der Waals surface area (Å²) in [6.45, 7) is 3.33. The number of esters is 1. The van der Waals surface area contributed by atoms with Gasteiger partial charge < -0.3 is 20.1 Å². The van der Waals surface area contributed by atoms with E-state index in [-0.39, 0.29) is 32.1 Å². The molecule has 0 fully saturated rings. The number of hydrogen-bond acceptors (Lipinski definition) is 7. The van der Waals surface area contributed by atoms with Crippen LogP contribution in [0.4, 0.5) is 0 Å². The zero-order valence-electron chi connectivity index (χ0n) is 33.9. The van der Waals surface area contributed by atoms with Gasteiger partial charge >= 0.3 is 13.8 Å². The van der Waals surface area contributed by atoms with E-state index in [0.717, 1.165) is 103 Å². The van der Waals surface area contributed by atoms with E-state index in [1.54, 1.807) is 0 Å². The Balaban J connectivity index is 3.64. The Morgan fingerprint density at radius 1 is 0.593 bits per heavy atom. The number of amides is 1. The predicted molar refractivity (Wildman–Crippen MR) is 224 cm³/mol. The lowest BCUT2D eigenvalue weighted by Gasteiger charge is -2.15. The summed E-state index contributed by atoms with van der Waals surface area (Å²) in [5.41, 5.74) is 0. The van der Waals surface area contributed by atoms with Crippen LogP contribution in [0.5, 0.6) is 0 Å². The van der Waals surface area contributed by atoms with E-state index in [1.807, 2.05) is 0 Å². The highest BCUT2D eigenvalue weighted by atomic mass is 31.2. The third kappa shape index (κ3) is 40.6. The number of phosphoric acid groups is 1. The van der Waals surface area contributed by atoms with E-state index >= 15 is 0 Å². The summed E-state index contributed by atoms with van der Waals surface area (Å²) >= 11 is 0. The van der Waals surface area contributed by atoms with Crippen molar-refractivity contribution in [1.82, 2.24) is 5.32 Å². The first kappa shape index (κ1) is 51.5. The van der Waals surface area contributed by atoms with Crippen molar-refractivity contribution in [3.8, 4) is 0 Å². The van der Waals surface area contributed by atoms with Gasteiger partial charge in [-0.3, -0.25) is 18.6 Å². The van der Waals surface area contributed by atoms with E-state index < -0.39 is 26.5 Å². The number of allylic oxidation sites excluding steroid dienone is 12. The molecule has 0 bridgehead atoms. The lowest BCUT2D eigenvalue weighted by molar-refractivity contribution is -0.147. The number of carbonyl (C=O) groups excluding carboxylic acids is 2. The van der Waals surface area contributed by atoms with Gasteiger partial charge in [0.1, 0.15) is 12.7 Å². The zero-order chi connectivity index (χ0) is 39.6. The number of rotatable bonds is 38. The van der Waals surface area contributed by atoms with Crippen LogP contribution in [0.25, 0.3) is 0 Å². The normalized spacial score (nSPS) is 14.1. The van der Waals surface area contributed by atoms with Gasteiger partial charge in [-0.1, -0.05) is 145 Å². The maximum Gasteiger partial charge on any atom is 0.472 e. The van der Waals surface area contributed by atoms with Crippen molar-refractivity contribution in [2.75, 3.05) is 26.4 Å². The molecule has 0 radical (unpaired) electrons. The Morgan fingerprint density at radius 2 is 1.06 bits per heavy atom. The van der Waals surface area contributed by atoms with Gasteiger partial charge in [-0.25, -0.2) is 4.57 Å². The minimum Gasteiger partial charge on any atom is -0.463 e. The van der Waals surface area contributed by atoms with Crippen molar-refractivity contribution in [2.45, 2.75) is 168 Å². The molecule has 310 valence electrons. The van der Waals surface area contributed by atoms with Crippen LogP contribution < -0.4 is 5.32 Å². The van der Waals surface area contributed by atoms with Crippen molar-refractivity contribution < 1.29 is 37.9 Å². The Kier molecular flexibility index (Phi) is 38.2. The van der Waals surface area contributed by atoms with Gasteiger partial charge in [0.2, 0.25) is 5.91 Å². The highest BCUT2D eigenvalue weighted by Gasteiger charge is 2.23. The third-order valence-electron chi connectivity index (χ3n) is 8.35. The van der Waals surface area contributed by atoms with Crippen LogP contribution in [-0.2, 0) is 27.9 Å². The number of hydrogen-bond donors (Lipinski definition) is 3. The third-order valence-corrected chi connectivity index (χ3v) is 9.34. The van der Waals surface area contributed by atoms with Gasteiger partial charge in [-0.05, 0) is 77.0 Å². The second-order valence-corrected chi connectivity index (χ2v) is 15.0. The molecule has 0 aromatic carbocycles. The van der Waals surface area contributed by atoms with Crippen molar-refractivity contribution in [3.05, 3.63) is 72.9 Å². The second kappa shape index (κ2) is 40.1. The fourth-order valence-electron chi connectivity index (χ4n) is 5.23. The Hall–Kier alpha value is -2.55. The van der Waals surface area contributed by atoms with Gasteiger partial charge in [-0.2, -0.15) is 0 Å². The monoisotopic (exact) mass is 778 g/mol. The van der Waals surface area contributed by atoms with Crippen LogP contribution in [0.1, 0.15) is 162 Å². The van der Waals surface area contributed by atoms with Crippen molar-refractivity contribution in [2.24, 2.45) is 0 Å². The Bertz CT molecular complexity index is 1110. The van der Waals surface area contributed by atoms with Crippen molar-refractivity contribution >= 4 is 19.7 Å². The summed E-state index contributed by atoms with van der Waals surface area (Å²) in [6, 6.07) is 0. The number of nitrogens with one attached hydrogen (secondary N) is 1.